The van der Waals surface area contributed by atoms with Gasteiger partial charge in [-0.2, -0.15) is 0 Å². The Bertz CT molecular complexity index is 514. The third kappa shape index (κ3) is 3.96. The maximum Gasteiger partial charge on any atom is 0.227 e. The summed E-state index contributed by atoms with van der Waals surface area (Å²) in [5.74, 6) is -0.379. The number of benzene rings is 1. The number of piperidine rings is 1. The number of nitrogens with zero attached hydrogens (tertiary/aromatic N) is 1. The van der Waals surface area contributed by atoms with Crippen LogP contribution in [-0.2, 0) is 9.53 Å². The molecule has 4 nitrogen and oxygen atoms in total. The van der Waals surface area contributed by atoms with Gasteiger partial charge in [-0.1, -0.05) is 25.1 Å². The molecule has 0 aromatic heterocycles. The summed E-state index contributed by atoms with van der Waals surface area (Å²) in [7, 11) is 1.61. The zero-order chi connectivity index (χ0) is 16.9. The van der Waals surface area contributed by atoms with Gasteiger partial charge in [0.05, 0.1) is 12.1 Å². The van der Waals surface area contributed by atoms with Crippen molar-refractivity contribution in [1.29, 1.82) is 0 Å². The normalized spacial score (nSPS) is 19.6. The van der Waals surface area contributed by atoms with E-state index in [1.807, 2.05) is 30.3 Å². The van der Waals surface area contributed by atoms with Gasteiger partial charge < -0.3 is 15.0 Å². The van der Waals surface area contributed by atoms with Crippen LogP contribution in [0.3, 0.4) is 0 Å². The molecule has 1 aromatic carbocycles. The first-order valence-electron chi connectivity index (χ1n) is 8.46. The van der Waals surface area contributed by atoms with Crippen molar-refractivity contribution in [2.45, 2.75) is 31.7 Å². The van der Waals surface area contributed by atoms with Crippen LogP contribution in [0.15, 0.2) is 30.3 Å². The van der Waals surface area contributed by atoms with E-state index in [1.54, 1.807) is 12.0 Å². The molecule has 0 aliphatic carbocycles. The van der Waals surface area contributed by atoms with E-state index in [0.29, 0.717) is 6.61 Å². The number of carbonyl (C=O) groups excluding carboxylic acids is 1. The molecule has 1 fully saturated rings. The van der Waals surface area contributed by atoms with Gasteiger partial charge in [0.15, 0.2) is 0 Å². The molecule has 1 aliphatic heterocycles. The highest BCUT2D eigenvalue weighted by atomic mass is 35.5. The molecule has 0 spiro atoms. The second-order valence-electron chi connectivity index (χ2n) is 5.15. The second kappa shape index (κ2) is 8.37. The fourth-order valence-corrected chi connectivity index (χ4v) is 2.93. The number of rotatable bonds is 5. The van der Waals surface area contributed by atoms with E-state index in [2.05, 4.69) is 5.32 Å². The molecular formula is C16H25ClN2O2. The van der Waals surface area contributed by atoms with Crippen LogP contribution >= 0.6 is 12.4 Å². The summed E-state index contributed by atoms with van der Waals surface area (Å²) in [4.78, 5) is 14.5. The molecule has 1 heterocycles. The predicted octanol–water partition coefficient (Wildman–Crippen LogP) is 2.62. The van der Waals surface area contributed by atoms with Crippen molar-refractivity contribution >= 4 is 24.0 Å². The van der Waals surface area contributed by atoms with Crippen molar-refractivity contribution in [2.75, 3.05) is 31.7 Å². The Hall–Kier alpha value is -1.10. The van der Waals surface area contributed by atoms with Crippen LogP contribution in [0, 0.1) is 0 Å². The summed E-state index contributed by atoms with van der Waals surface area (Å²) in [6.45, 7) is -0.358. The molecule has 0 atom stereocenters. The van der Waals surface area contributed by atoms with Crippen LogP contribution in [0.25, 0.3) is 0 Å². The number of amides is 1. The van der Waals surface area contributed by atoms with E-state index in [4.69, 9.17) is 8.85 Å². The number of hydrogen-bond donors (Lipinski definition) is 1. The molecule has 1 amide bonds. The highest BCUT2D eigenvalue weighted by Crippen LogP contribution is 2.32. The largest absolute Gasteiger partial charge is 0.382 e. The lowest BCUT2D eigenvalue weighted by Gasteiger charge is -2.46. The maximum atomic E-state index is 12.8. The summed E-state index contributed by atoms with van der Waals surface area (Å²) in [6.07, 6.45) is 0.978. The summed E-state index contributed by atoms with van der Waals surface area (Å²) in [6, 6.07) is 9.27. The summed E-state index contributed by atoms with van der Waals surface area (Å²) in [5.41, 5.74) is 0.213. The minimum Gasteiger partial charge on any atom is -0.382 e. The number of anilines is 1. The molecule has 5 heteroatoms. The van der Waals surface area contributed by atoms with E-state index in [-0.39, 0.29) is 18.3 Å². The SMILES string of the molecule is Cl.[2H]C([2H])([2H])CC(=O)N(c1ccccc1)C1(COC)CCNCC1. The van der Waals surface area contributed by atoms with Crippen LogP contribution in [-0.4, -0.2) is 38.3 Å². The van der Waals surface area contributed by atoms with E-state index >= 15 is 0 Å². The van der Waals surface area contributed by atoms with Crippen LogP contribution in [0.4, 0.5) is 5.69 Å². The van der Waals surface area contributed by atoms with Crippen LogP contribution < -0.4 is 10.2 Å². The lowest BCUT2D eigenvalue weighted by molar-refractivity contribution is -0.120. The quantitative estimate of drug-likeness (QED) is 0.908. The predicted molar refractivity (Wildman–Crippen MR) is 88.2 cm³/mol. The standard InChI is InChI=1S/C16H24N2O2.ClH/c1-3-15(19)18(14-7-5-4-6-8-14)16(13-20-2)9-11-17-12-10-16;/h4-8,17H,3,9-13H2,1-2H3;1H/i1D3;. The first-order chi connectivity index (χ1) is 10.9. The van der Waals surface area contributed by atoms with Crippen molar-refractivity contribution in [2.24, 2.45) is 0 Å². The Morgan fingerprint density at radius 3 is 2.62 bits per heavy atom. The number of halogens is 1. The van der Waals surface area contributed by atoms with Crippen LogP contribution in [0.2, 0.25) is 0 Å². The van der Waals surface area contributed by atoms with Crippen molar-refractivity contribution < 1.29 is 13.6 Å². The van der Waals surface area contributed by atoms with E-state index in [9.17, 15) is 4.79 Å². The van der Waals surface area contributed by atoms with Gasteiger partial charge in [-0.15, -0.1) is 12.4 Å². The Balaban J connectivity index is 0.00000288. The molecule has 0 bridgehead atoms. The zero-order valence-electron chi connectivity index (χ0n) is 15.3. The average Bonchev–Trinajstić information content (AvgIpc) is 2.48. The molecule has 1 aliphatic rings. The van der Waals surface area contributed by atoms with Gasteiger partial charge in [0.2, 0.25) is 5.91 Å². The molecule has 0 radical (unpaired) electrons. The Morgan fingerprint density at radius 1 is 1.38 bits per heavy atom. The van der Waals surface area contributed by atoms with Gasteiger partial charge in [-0.25, -0.2) is 0 Å². The summed E-state index contributed by atoms with van der Waals surface area (Å²) >= 11 is 0. The number of para-hydroxylation sites is 1. The van der Waals surface area contributed by atoms with Gasteiger partial charge in [-0.3, -0.25) is 4.79 Å². The van der Waals surface area contributed by atoms with Crippen molar-refractivity contribution in [3.63, 3.8) is 0 Å². The Kier molecular flexibility index (Phi) is 5.40. The van der Waals surface area contributed by atoms with Crippen molar-refractivity contribution in [3.05, 3.63) is 30.3 Å². The lowest BCUT2D eigenvalue weighted by atomic mass is 9.86. The highest BCUT2D eigenvalue weighted by molar-refractivity contribution is 5.94. The summed E-state index contributed by atoms with van der Waals surface area (Å²) < 4.78 is 27.7. The van der Waals surface area contributed by atoms with Gasteiger partial charge >= 0.3 is 0 Å². The second-order valence-corrected chi connectivity index (χ2v) is 5.15. The topological polar surface area (TPSA) is 41.6 Å². The number of hydrogen-bond acceptors (Lipinski definition) is 3. The lowest BCUT2D eigenvalue weighted by Crippen LogP contribution is -2.59. The minimum absolute atomic E-state index is 0. The molecular weight excluding hydrogens is 288 g/mol. The molecule has 1 N–H and O–H groups in total. The van der Waals surface area contributed by atoms with Crippen molar-refractivity contribution in [3.8, 4) is 0 Å². The van der Waals surface area contributed by atoms with Gasteiger partial charge in [0.1, 0.15) is 0 Å². The number of ether oxygens (including phenoxy) is 1. The van der Waals surface area contributed by atoms with Gasteiger partial charge in [-0.05, 0) is 38.1 Å². The number of carbonyl (C=O) groups is 1. The maximum absolute atomic E-state index is 12.8. The average molecular weight is 316 g/mol. The third-order valence-electron chi connectivity index (χ3n) is 3.84. The van der Waals surface area contributed by atoms with E-state index < -0.39 is 18.8 Å². The zero-order valence-corrected chi connectivity index (χ0v) is 13.1. The summed E-state index contributed by atoms with van der Waals surface area (Å²) in [5, 5.41) is 3.29. The highest BCUT2D eigenvalue weighted by Gasteiger charge is 2.41. The number of methoxy groups -OCH3 is 1. The van der Waals surface area contributed by atoms with Crippen LogP contribution in [0.1, 0.15) is 30.2 Å². The third-order valence-corrected chi connectivity index (χ3v) is 3.84. The Morgan fingerprint density at radius 2 is 2.05 bits per heavy atom. The monoisotopic (exact) mass is 315 g/mol. The fourth-order valence-electron chi connectivity index (χ4n) is 2.93. The first-order valence-corrected chi connectivity index (χ1v) is 6.96. The Labute approximate surface area is 137 Å². The van der Waals surface area contributed by atoms with E-state index in [0.717, 1.165) is 31.6 Å². The molecule has 1 saturated heterocycles. The molecule has 2 rings (SSSR count). The smallest absolute Gasteiger partial charge is 0.227 e. The molecule has 0 saturated carbocycles. The number of nitrogens with one attached hydrogen (secondary N) is 1. The fraction of sp³-hybridized carbons (Fsp3) is 0.562. The first kappa shape index (κ1) is 13.6. The van der Waals surface area contributed by atoms with Crippen molar-refractivity contribution in [1.82, 2.24) is 5.32 Å². The van der Waals surface area contributed by atoms with Gasteiger partial charge in [0, 0.05) is 23.3 Å². The van der Waals surface area contributed by atoms with Gasteiger partial charge in [0.25, 0.3) is 0 Å². The molecule has 21 heavy (non-hydrogen) atoms. The molecule has 1 aromatic rings. The van der Waals surface area contributed by atoms with E-state index in [1.165, 1.54) is 0 Å². The minimum atomic E-state index is -2.29. The molecule has 118 valence electrons. The van der Waals surface area contributed by atoms with Crippen LogP contribution in [0.5, 0.6) is 0 Å². The molecule has 0 unspecified atom stereocenters.